The zero-order valence-electron chi connectivity index (χ0n) is 14.4. The van der Waals surface area contributed by atoms with E-state index in [0.717, 1.165) is 12.8 Å². The number of likely N-dealkylation sites (tertiary alicyclic amines) is 1. The Labute approximate surface area is 154 Å². The number of carbonyl (C=O) groups is 1. The van der Waals surface area contributed by atoms with E-state index in [1.165, 1.54) is 18.2 Å². The molecular weight excluding hydrogens is 351 g/mol. The van der Waals surface area contributed by atoms with Gasteiger partial charge in [0.15, 0.2) is 0 Å². The summed E-state index contributed by atoms with van der Waals surface area (Å²) in [6.07, 6.45) is 4.87. The number of nitrogens with zero attached hydrogens (tertiary/aromatic N) is 4. The van der Waals surface area contributed by atoms with Gasteiger partial charge < -0.3 is 14.2 Å². The number of piperidine rings is 1. The Morgan fingerprint density at radius 1 is 1.26 bits per heavy atom. The zero-order chi connectivity index (χ0) is 18.6. The monoisotopic (exact) mass is 368 g/mol. The lowest BCUT2D eigenvalue weighted by atomic mass is 9.97. The molecular formula is C19H17FN4O3. The smallest absolute Gasteiger partial charge is 0.359 e. The largest absolute Gasteiger partial charge is 0.422 e. The second-order valence-electron chi connectivity index (χ2n) is 6.30. The van der Waals surface area contributed by atoms with Gasteiger partial charge in [-0.25, -0.2) is 4.39 Å². The molecule has 138 valence electrons. The molecule has 1 saturated heterocycles. The first kappa shape index (κ1) is 17.1. The number of halogens is 1. The van der Waals surface area contributed by atoms with Crippen molar-refractivity contribution < 1.29 is 18.4 Å². The van der Waals surface area contributed by atoms with Crippen molar-refractivity contribution in [2.75, 3.05) is 13.1 Å². The Kier molecular flexibility index (Phi) is 4.78. The summed E-state index contributed by atoms with van der Waals surface area (Å²) in [5, 5.41) is 3.80. The molecule has 0 aliphatic carbocycles. The number of pyridine rings is 1. The number of benzene rings is 1. The van der Waals surface area contributed by atoms with Gasteiger partial charge in [0.05, 0.1) is 5.92 Å². The van der Waals surface area contributed by atoms with Gasteiger partial charge in [0.2, 0.25) is 5.89 Å². The molecule has 1 aliphatic heterocycles. The Bertz CT molecular complexity index is 931. The summed E-state index contributed by atoms with van der Waals surface area (Å²) >= 11 is 0. The SMILES string of the molecule is O=C(c1ccncc1)N1CCCC(c2nc(Oc3cccc(F)c3)no2)C1. The predicted octanol–water partition coefficient (Wildman–Crippen LogP) is 3.42. The van der Waals surface area contributed by atoms with E-state index in [0.29, 0.717) is 30.3 Å². The van der Waals surface area contributed by atoms with Crippen molar-refractivity contribution in [2.45, 2.75) is 18.8 Å². The van der Waals surface area contributed by atoms with Crippen molar-refractivity contribution >= 4 is 5.91 Å². The number of hydrogen-bond acceptors (Lipinski definition) is 6. The molecule has 0 N–H and O–H groups in total. The van der Waals surface area contributed by atoms with Crippen LogP contribution < -0.4 is 4.74 Å². The summed E-state index contributed by atoms with van der Waals surface area (Å²) in [6.45, 7) is 1.17. The van der Waals surface area contributed by atoms with Gasteiger partial charge in [-0.2, -0.15) is 4.98 Å². The zero-order valence-corrected chi connectivity index (χ0v) is 14.4. The minimum atomic E-state index is -0.409. The van der Waals surface area contributed by atoms with Gasteiger partial charge in [0.1, 0.15) is 11.6 Å². The second kappa shape index (κ2) is 7.53. The summed E-state index contributed by atoms with van der Waals surface area (Å²) in [7, 11) is 0. The van der Waals surface area contributed by atoms with Gasteiger partial charge in [0.25, 0.3) is 5.91 Å². The first-order valence-electron chi connectivity index (χ1n) is 8.65. The van der Waals surface area contributed by atoms with E-state index >= 15 is 0 Å². The molecule has 8 heteroatoms. The number of ether oxygens (including phenoxy) is 1. The number of aromatic nitrogens is 3. The average molecular weight is 368 g/mol. The van der Waals surface area contributed by atoms with Crippen LogP contribution in [0.15, 0.2) is 53.3 Å². The fourth-order valence-corrected chi connectivity index (χ4v) is 3.10. The Morgan fingerprint density at radius 3 is 2.93 bits per heavy atom. The van der Waals surface area contributed by atoms with Crippen molar-refractivity contribution in [3.05, 3.63) is 66.1 Å². The molecule has 1 fully saturated rings. The van der Waals surface area contributed by atoms with Gasteiger partial charge in [-0.15, -0.1) is 0 Å². The van der Waals surface area contributed by atoms with Crippen molar-refractivity contribution in [3.8, 4) is 11.8 Å². The van der Waals surface area contributed by atoms with Crippen molar-refractivity contribution in [3.63, 3.8) is 0 Å². The van der Waals surface area contributed by atoms with E-state index < -0.39 is 5.82 Å². The van der Waals surface area contributed by atoms with Crippen LogP contribution in [-0.2, 0) is 0 Å². The van der Waals surface area contributed by atoms with E-state index in [4.69, 9.17) is 9.26 Å². The Hall–Kier alpha value is -3.29. The maximum Gasteiger partial charge on any atom is 0.359 e. The maximum absolute atomic E-state index is 13.2. The van der Waals surface area contributed by atoms with Gasteiger partial charge in [0, 0.05) is 37.1 Å². The van der Waals surface area contributed by atoms with Crippen LogP contribution in [0.3, 0.4) is 0 Å². The summed E-state index contributed by atoms with van der Waals surface area (Å²) in [4.78, 5) is 22.6. The van der Waals surface area contributed by atoms with Crippen LogP contribution in [0.2, 0.25) is 0 Å². The first-order valence-corrected chi connectivity index (χ1v) is 8.65. The van der Waals surface area contributed by atoms with E-state index in [1.807, 2.05) is 0 Å². The van der Waals surface area contributed by atoms with Crippen LogP contribution in [0.25, 0.3) is 0 Å². The van der Waals surface area contributed by atoms with Crippen LogP contribution in [0.4, 0.5) is 4.39 Å². The molecule has 7 nitrogen and oxygen atoms in total. The third kappa shape index (κ3) is 3.94. The highest BCUT2D eigenvalue weighted by Gasteiger charge is 2.29. The van der Waals surface area contributed by atoms with Gasteiger partial charge in [-0.1, -0.05) is 6.07 Å². The van der Waals surface area contributed by atoms with Gasteiger partial charge >= 0.3 is 6.01 Å². The fourth-order valence-electron chi connectivity index (χ4n) is 3.10. The standard InChI is InChI=1S/C19H17FN4O3/c20-15-4-1-5-16(11-15)26-19-22-17(27-23-19)14-3-2-10-24(12-14)18(25)13-6-8-21-9-7-13/h1,4-9,11,14H,2-3,10,12H2. The quantitative estimate of drug-likeness (QED) is 0.702. The van der Waals surface area contributed by atoms with Crippen LogP contribution in [0, 0.1) is 5.82 Å². The second-order valence-corrected chi connectivity index (χ2v) is 6.30. The lowest BCUT2D eigenvalue weighted by Crippen LogP contribution is -2.39. The first-order chi connectivity index (χ1) is 13.2. The van der Waals surface area contributed by atoms with Crippen molar-refractivity contribution in [2.24, 2.45) is 0 Å². The van der Waals surface area contributed by atoms with Crippen LogP contribution >= 0.6 is 0 Å². The summed E-state index contributed by atoms with van der Waals surface area (Å²) in [6, 6.07) is 9.13. The van der Waals surface area contributed by atoms with Gasteiger partial charge in [-0.05, 0) is 42.3 Å². The summed E-state index contributed by atoms with van der Waals surface area (Å²) in [5.74, 6) is 0.183. The summed E-state index contributed by atoms with van der Waals surface area (Å²) < 4.78 is 24.0. The third-order valence-corrected chi connectivity index (χ3v) is 4.41. The molecule has 1 aliphatic rings. The third-order valence-electron chi connectivity index (χ3n) is 4.41. The molecule has 0 radical (unpaired) electrons. The molecule has 2 aromatic heterocycles. The highest BCUT2D eigenvalue weighted by Crippen LogP contribution is 2.28. The van der Waals surface area contributed by atoms with Crippen molar-refractivity contribution in [1.82, 2.24) is 20.0 Å². The molecule has 3 aromatic rings. The van der Waals surface area contributed by atoms with E-state index in [2.05, 4.69) is 15.1 Å². The van der Waals surface area contributed by atoms with Gasteiger partial charge in [-0.3, -0.25) is 9.78 Å². The molecule has 1 atom stereocenters. The topological polar surface area (TPSA) is 81.4 Å². The Morgan fingerprint density at radius 2 is 2.11 bits per heavy atom. The lowest BCUT2D eigenvalue weighted by molar-refractivity contribution is 0.0695. The number of amides is 1. The lowest BCUT2D eigenvalue weighted by Gasteiger charge is -2.31. The van der Waals surface area contributed by atoms with Crippen LogP contribution in [-0.4, -0.2) is 39.0 Å². The Balaban J connectivity index is 1.44. The average Bonchev–Trinajstić information content (AvgIpc) is 3.17. The van der Waals surface area contributed by atoms with Crippen LogP contribution in [0.1, 0.15) is 35.0 Å². The minimum Gasteiger partial charge on any atom is -0.422 e. The highest BCUT2D eigenvalue weighted by molar-refractivity contribution is 5.94. The number of rotatable bonds is 4. The minimum absolute atomic E-state index is 0.0215. The van der Waals surface area contributed by atoms with E-state index in [1.54, 1.807) is 35.5 Å². The molecule has 3 heterocycles. The van der Waals surface area contributed by atoms with Crippen molar-refractivity contribution in [1.29, 1.82) is 0 Å². The molecule has 0 spiro atoms. The molecule has 1 amide bonds. The predicted molar refractivity (Wildman–Crippen MR) is 92.9 cm³/mol. The molecule has 1 aromatic carbocycles. The molecule has 0 saturated carbocycles. The normalized spacial score (nSPS) is 16.9. The number of hydrogen-bond donors (Lipinski definition) is 0. The van der Waals surface area contributed by atoms with E-state index in [-0.39, 0.29) is 17.8 Å². The molecule has 27 heavy (non-hydrogen) atoms. The fraction of sp³-hybridized carbons (Fsp3) is 0.263. The maximum atomic E-state index is 13.2. The van der Waals surface area contributed by atoms with Crippen LogP contribution in [0.5, 0.6) is 11.8 Å². The highest BCUT2D eigenvalue weighted by atomic mass is 19.1. The summed E-state index contributed by atoms with van der Waals surface area (Å²) in [5.41, 5.74) is 0.603. The molecule has 1 unspecified atom stereocenters. The number of carbonyl (C=O) groups excluding carboxylic acids is 1. The van der Waals surface area contributed by atoms with E-state index in [9.17, 15) is 9.18 Å². The molecule has 4 rings (SSSR count). The molecule has 0 bridgehead atoms.